The van der Waals surface area contributed by atoms with Gasteiger partial charge in [0.05, 0.1) is 18.1 Å². The van der Waals surface area contributed by atoms with Gasteiger partial charge in [0, 0.05) is 5.56 Å². The lowest BCUT2D eigenvalue weighted by atomic mass is 9.98. The quantitative estimate of drug-likeness (QED) is 0.736. The fourth-order valence-corrected chi connectivity index (χ4v) is 1.36. The van der Waals surface area contributed by atoms with Gasteiger partial charge in [0.25, 0.3) is 0 Å². The number of ether oxygens (including phenoxy) is 1. The highest BCUT2D eigenvalue weighted by atomic mass is 19.1. The largest absolute Gasteiger partial charge is 0.466 e. The molecule has 0 spiro atoms. The third kappa shape index (κ3) is 2.37. The summed E-state index contributed by atoms with van der Waals surface area (Å²) in [6, 6.07) is 6.14. The second-order valence-electron chi connectivity index (χ2n) is 3.29. The molecule has 0 aromatic heterocycles. The lowest BCUT2D eigenvalue weighted by Gasteiger charge is -2.11. The molecule has 0 heterocycles. The van der Waals surface area contributed by atoms with Gasteiger partial charge in [-0.3, -0.25) is 4.79 Å². The van der Waals surface area contributed by atoms with Crippen LogP contribution in [0.25, 0.3) is 0 Å². The van der Waals surface area contributed by atoms with E-state index >= 15 is 0 Å². The van der Waals surface area contributed by atoms with E-state index in [1.54, 1.807) is 26.0 Å². The lowest BCUT2D eigenvalue weighted by Crippen LogP contribution is -2.14. The van der Waals surface area contributed by atoms with Crippen molar-refractivity contribution in [2.45, 2.75) is 19.8 Å². The normalized spacial score (nSPS) is 11.6. The SMILES string of the molecule is CCOC(=O)C(C)c1cccc(C#N)c1F. The van der Waals surface area contributed by atoms with Crippen LogP contribution in [-0.4, -0.2) is 12.6 Å². The van der Waals surface area contributed by atoms with Crippen LogP contribution in [0.4, 0.5) is 4.39 Å². The number of halogens is 1. The van der Waals surface area contributed by atoms with Gasteiger partial charge in [-0.05, 0) is 19.9 Å². The van der Waals surface area contributed by atoms with Crippen LogP contribution in [0.3, 0.4) is 0 Å². The van der Waals surface area contributed by atoms with E-state index in [0.29, 0.717) is 0 Å². The molecule has 4 heteroatoms. The second-order valence-corrected chi connectivity index (χ2v) is 3.29. The average molecular weight is 221 g/mol. The Morgan fingerprint density at radius 3 is 2.88 bits per heavy atom. The molecular weight excluding hydrogens is 209 g/mol. The molecular formula is C12H12FNO2. The van der Waals surface area contributed by atoms with Crippen LogP contribution in [0.2, 0.25) is 0 Å². The van der Waals surface area contributed by atoms with E-state index in [4.69, 9.17) is 10.00 Å². The summed E-state index contributed by atoms with van der Waals surface area (Å²) < 4.78 is 18.5. The Morgan fingerprint density at radius 1 is 1.62 bits per heavy atom. The number of nitrogens with zero attached hydrogens (tertiary/aromatic N) is 1. The molecule has 0 N–H and O–H groups in total. The third-order valence-electron chi connectivity index (χ3n) is 2.26. The first kappa shape index (κ1) is 12.2. The van der Waals surface area contributed by atoms with Crippen molar-refractivity contribution in [3.05, 3.63) is 35.1 Å². The third-order valence-corrected chi connectivity index (χ3v) is 2.26. The molecule has 0 aliphatic rings. The fraction of sp³-hybridized carbons (Fsp3) is 0.333. The molecule has 84 valence electrons. The van der Waals surface area contributed by atoms with Crippen LogP contribution in [0.15, 0.2) is 18.2 Å². The Kier molecular flexibility index (Phi) is 4.01. The topological polar surface area (TPSA) is 50.1 Å². The molecule has 0 aliphatic heterocycles. The number of hydrogen-bond acceptors (Lipinski definition) is 3. The highest BCUT2D eigenvalue weighted by Gasteiger charge is 2.21. The van der Waals surface area contributed by atoms with Gasteiger partial charge in [-0.25, -0.2) is 4.39 Å². The molecule has 1 aromatic rings. The number of nitriles is 1. The second kappa shape index (κ2) is 5.26. The summed E-state index contributed by atoms with van der Waals surface area (Å²) in [7, 11) is 0. The number of carbonyl (C=O) groups is 1. The molecule has 1 rings (SSSR count). The number of esters is 1. The first-order valence-corrected chi connectivity index (χ1v) is 4.97. The average Bonchev–Trinajstić information content (AvgIpc) is 2.29. The van der Waals surface area contributed by atoms with Crippen LogP contribution in [-0.2, 0) is 9.53 Å². The van der Waals surface area contributed by atoms with E-state index < -0.39 is 17.7 Å². The van der Waals surface area contributed by atoms with E-state index in [1.165, 1.54) is 12.1 Å². The maximum absolute atomic E-state index is 13.7. The van der Waals surface area contributed by atoms with Crippen molar-refractivity contribution in [2.24, 2.45) is 0 Å². The fourth-order valence-electron chi connectivity index (χ4n) is 1.36. The van der Waals surface area contributed by atoms with Gasteiger partial charge in [-0.1, -0.05) is 12.1 Å². The van der Waals surface area contributed by atoms with E-state index in [0.717, 1.165) is 0 Å². The van der Waals surface area contributed by atoms with Gasteiger partial charge in [0.15, 0.2) is 0 Å². The molecule has 16 heavy (non-hydrogen) atoms. The van der Waals surface area contributed by atoms with E-state index in [9.17, 15) is 9.18 Å². The van der Waals surface area contributed by atoms with Gasteiger partial charge < -0.3 is 4.74 Å². The number of carbonyl (C=O) groups excluding carboxylic acids is 1. The smallest absolute Gasteiger partial charge is 0.313 e. The van der Waals surface area contributed by atoms with Gasteiger partial charge >= 0.3 is 5.97 Å². The Bertz CT molecular complexity index is 437. The number of benzene rings is 1. The van der Waals surface area contributed by atoms with Crippen molar-refractivity contribution >= 4 is 5.97 Å². The van der Waals surface area contributed by atoms with Crippen LogP contribution < -0.4 is 0 Å². The molecule has 0 saturated heterocycles. The summed E-state index contributed by atoms with van der Waals surface area (Å²) in [5.74, 6) is -1.84. The van der Waals surface area contributed by atoms with E-state index in [1.807, 2.05) is 0 Å². The lowest BCUT2D eigenvalue weighted by molar-refractivity contribution is -0.144. The minimum Gasteiger partial charge on any atom is -0.466 e. The number of rotatable bonds is 3. The van der Waals surface area contributed by atoms with Crippen molar-refractivity contribution < 1.29 is 13.9 Å². The minimum absolute atomic E-state index is 0.0614. The van der Waals surface area contributed by atoms with Crippen molar-refractivity contribution in [1.29, 1.82) is 5.26 Å². The number of hydrogen-bond donors (Lipinski definition) is 0. The van der Waals surface area contributed by atoms with Crippen LogP contribution >= 0.6 is 0 Å². The summed E-state index contributed by atoms with van der Waals surface area (Å²) >= 11 is 0. The van der Waals surface area contributed by atoms with Crippen molar-refractivity contribution in [3.8, 4) is 6.07 Å². The zero-order valence-corrected chi connectivity index (χ0v) is 9.16. The maximum atomic E-state index is 13.7. The first-order valence-electron chi connectivity index (χ1n) is 4.97. The molecule has 1 aromatic carbocycles. The molecule has 0 aliphatic carbocycles. The Balaban J connectivity index is 3.05. The van der Waals surface area contributed by atoms with Crippen LogP contribution in [0.1, 0.15) is 30.9 Å². The van der Waals surface area contributed by atoms with Gasteiger partial charge in [-0.15, -0.1) is 0 Å². The Morgan fingerprint density at radius 2 is 2.31 bits per heavy atom. The van der Waals surface area contributed by atoms with Crippen molar-refractivity contribution in [2.75, 3.05) is 6.61 Å². The zero-order chi connectivity index (χ0) is 12.1. The summed E-state index contributed by atoms with van der Waals surface area (Å²) in [5.41, 5.74) is 0.131. The van der Waals surface area contributed by atoms with E-state index in [-0.39, 0.29) is 17.7 Å². The molecule has 3 nitrogen and oxygen atoms in total. The summed E-state index contributed by atoms with van der Waals surface area (Å²) in [4.78, 5) is 11.4. The van der Waals surface area contributed by atoms with Crippen LogP contribution in [0.5, 0.6) is 0 Å². The van der Waals surface area contributed by atoms with E-state index in [2.05, 4.69) is 0 Å². The summed E-state index contributed by atoms with van der Waals surface area (Å²) in [5, 5.41) is 8.66. The summed E-state index contributed by atoms with van der Waals surface area (Å²) in [6.45, 7) is 3.49. The first-order chi connectivity index (χ1) is 7.61. The molecule has 1 atom stereocenters. The Labute approximate surface area is 93.5 Å². The summed E-state index contributed by atoms with van der Waals surface area (Å²) in [6.07, 6.45) is 0. The predicted molar refractivity (Wildman–Crippen MR) is 56.2 cm³/mol. The molecule has 1 unspecified atom stereocenters. The van der Waals surface area contributed by atoms with Crippen molar-refractivity contribution in [3.63, 3.8) is 0 Å². The molecule has 0 radical (unpaired) electrons. The van der Waals surface area contributed by atoms with Gasteiger partial charge in [0.1, 0.15) is 11.9 Å². The monoisotopic (exact) mass is 221 g/mol. The molecule has 0 saturated carbocycles. The molecule has 0 amide bonds. The molecule has 0 bridgehead atoms. The Hall–Kier alpha value is -1.89. The molecule has 0 fully saturated rings. The highest BCUT2D eigenvalue weighted by Crippen LogP contribution is 2.22. The highest BCUT2D eigenvalue weighted by molar-refractivity contribution is 5.77. The minimum atomic E-state index is -0.701. The van der Waals surface area contributed by atoms with Gasteiger partial charge in [0.2, 0.25) is 0 Å². The maximum Gasteiger partial charge on any atom is 0.313 e. The standard InChI is InChI=1S/C12H12FNO2/c1-3-16-12(15)8(2)10-6-4-5-9(7-14)11(10)13/h4-6,8H,3H2,1-2H3. The van der Waals surface area contributed by atoms with Crippen molar-refractivity contribution in [1.82, 2.24) is 0 Å². The van der Waals surface area contributed by atoms with Gasteiger partial charge in [-0.2, -0.15) is 5.26 Å². The zero-order valence-electron chi connectivity index (χ0n) is 9.16. The van der Waals surface area contributed by atoms with Crippen LogP contribution in [0, 0.1) is 17.1 Å². The predicted octanol–water partition coefficient (Wildman–Crippen LogP) is 2.36.